The van der Waals surface area contributed by atoms with Gasteiger partial charge in [-0.15, -0.1) is 0 Å². The van der Waals surface area contributed by atoms with Crippen LogP contribution in [0, 0.1) is 0 Å². The summed E-state index contributed by atoms with van der Waals surface area (Å²) >= 11 is 0. The molecule has 0 radical (unpaired) electrons. The third kappa shape index (κ3) is 3.78. The van der Waals surface area contributed by atoms with Crippen molar-refractivity contribution in [2.45, 2.75) is 19.5 Å². The van der Waals surface area contributed by atoms with Crippen LogP contribution in [-0.2, 0) is 6.54 Å². The highest BCUT2D eigenvalue weighted by Crippen LogP contribution is 2.30. The van der Waals surface area contributed by atoms with E-state index in [4.69, 9.17) is 4.74 Å². The molecular formula is C20H21N3O. The summed E-state index contributed by atoms with van der Waals surface area (Å²) in [4.78, 5) is 8.07. The second-order valence-corrected chi connectivity index (χ2v) is 5.67. The van der Waals surface area contributed by atoms with E-state index >= 15 is 0 Å². The van der Waals surface area contributed by atoms with Gasteiger partial charge in [-0.2, -0.15) is 0 Å². The quantitative estimate of drug-likeness (QED) is 0.746. The van der Waals surface area contributed by atoms with Crippen molar-refractivity contribution in [2.24, 2.45) is 0 Å². The number of ether oxygens (including phenoxy) is 1. The molecule has 0 aliphatic carbocycles. The molecule has 0 aliphatic rings. The second-order valence-electron chi connectivity index (χ2n) is 5.67. The van der Waals surface area contributed by atoms with Crippen LogP contribution in [0.1, 0.15) is 24.1 Å². The molecule has 2 aromatic carbocycles. The highest BCUT2D eigenvalue weighted by Gasteiger charge is 2.08. The average Bonchev–Trinajstić information content (AvgIpc) is 2.67. The molecule has 0 fully saturated rings. The van der Waals surface area contributed by atoms with Gasteiger partial charge in [-0.05, 0) is 24.1 Å². The Morgan fingerprint density at radius 1 is 1.00 bits per heavy atom. The molecule has 122 valence electrons. The van der Waals surface area contributed by atoms with Crippen LogP contribution in [0.15, 0.2) is 67.3 Å². The van der Waals surface area contributed by atoms with Crippen LogP contribution in [0.5, 0.6) is 5.75 Å². The van der Waals surface area contributed by atoms with E-state index in [1.165, 1.54) is 5.56 Å². The lowest BCUT2D eigenvalue weighted by Crippen LogP contribution is -2.18. The topological polar surface area (TPSA) is 47.0 Å². The third-order valence-electron chi connectivity index (χ3n) is 4.06. The zero-order valence-corrected chi connectivity index (χ0v) is 13.9. The first-order valence-corrected chi connectivity index (χ1v) is 7.98. The Labute approximate surface area is 142 Å². The summed E-state index contributed by atoms with van der Waals surface area (Å²) in [5, 5.41) is 3.49. The SMILES string of the molecule is COc1ccccc1-c1ccc(C(C)NCc2cncnc2)cc1. The summed E-state index contributed by atoms with van der Waals surface area (Å²) < 4.78 is 5.44. The van der Waals surface area contributed by atoms with Crippen LogP contribution in [0.25, 0.3) is 11.1 Å². The molecule has 0 saturated heterocycles. The van der Waals surface area contributed by atoms with E-state index < -0.39 is 0 Å². The summed E-state index contributed by atoms with van der Waals surface area (Å²) in [5.41, 5.74) is 4.58. The molecule has 0 amide bonds. The fraction of sp³-hybridized carbons (Fsp3) is 0.200. The molecule has 3 aromatic rings. The number of hydrogen-bond acceptors (Lipinski definition) is 4. The average molecular weight is 319 g/mol. The Kier molecular flexibility index (Phi) is 5.18. The maximum Gasteiger partial charge on any atom is 0.126 e. The Hall–Kier alpha value is -2.72. The Morgan fingerprint density at radius 2 is 1.71 bits per heavy atom. The first-order chi connectivity index (χ1) is 11.8. The van der Waals surface area contributed by atoms with Gasteiger partial charge in [0.05, 0.1) is 7.11 Å². The number of para-hydroxylation sites is 1. The van der Waals surface area contributed by atoms with Gasteiger partial charge in [0, 0.05) is 36.1 Å². The number of rotatable bonds is 6. The van der Waals surface area contributed by atoms with Crippen LogP contribution in [-0.4, -0.2) is 17.1 Å². The highest BCUT2D eigenvalue weighted by atomic mass is 16.5. The maximum atomic E-state index is 5.44. The Bertz CT molecular complexity index is 772. The highest BCUT2D eigenvalue weighted by molar-refractivity contribution is 5.70. The third-order valence-corrected chi connectivity index (χ3v) is 4.06. The number of aromatic nitrogens is 2. The molecule has 3 rings (SSSR count). The number of nitrogens with zero attached hydrogens (tertiary/aromatic N) is 2. The fourth-order valence-electron chi connectivity index (χ4n) is 2.64. The van der Waals surface area contributed by atoms with Gasteiger partial charge in [-0.3, -0.25) is 0 Å². The van der Waals surface area contributed by atoms with Gasteiger partial charge in [-0.25, -0.2) is 9.97 Å². The van der Waals surface area contributed by atoms with Crippen LogP contribution >= 0.6 is 0 Å². The lowest BCUT2D eigenvalue weighted by Gasteiger charge is -2.15. The molecule has 1 N–H and O–H groups in total. The number of hydrogen-bond donors (Lipinski definition) is 1. The first kappa shape index (κ1) is 16.1. The van der Waals surface area contributed by atoms with E-state index in [1.54, 1.807) is 13.4 Å². The van der Waals surface area contributed by atoms with Crippen molar-refractivity contribution in [3.63, 3.8) is 0 Å². The summed E-state index contributed by atoms with van der Waals surface area (Å²) in [6.07, 6.45) is 5.21. The molecule has 4 heteroatoms. The van der Waals surface area contributed by atoms with E-state index in [9.17, 15) is 0 Å². The minimum atomic E-state index is 0.247. The normalized spacial score (nSPS) is 11.9. The van der Waals surface area contributed by atoms with Gasteiger partial charge in [-0.1, -0.05) is 42.5 Å². The maximum absolute atomic E-state index is 5.44. The predicted octanol–water partition coefficient (Wildman–Crippen LogP) is 4.00. The van der Waals surface area contributed by atoms with Crippen LogP contribution in [0.2, 0.25) is 0 Å². The molecule has 0 aliphatic heterocycles. The van der Waals surface area contributed by atoms with Crippen molar-refractivity contribution in [3.8, 4) is 16.9 Å². The molecule has 24 heavy (non-hydrogen) atoms. The number of benzene rings is 2. The first-order valence-electron chi connectivity index (χ1n) is 7.98. The van der Waals surface area contributed by atoms with Crippen molar-refractivity contribution in [3.05, 3.63) is 78.4 Å². The van der Waals surface area contributed by atoms with E-state index in [1.807, 2.05) is 30.6 Å². The zero-order chi connectivity index (χ0) is 16.8. The summed E-state index contributed by atoms with van der Waals surface area (Å²) in [7, 11) is 1.70. The standard InChI is InChI=1S/C20H21N3O/c1-15(23-13-16-11-21-14-22-12-16)17-7-9-18(10-8-17)19-5-3-4-6-20(19)24-2/h3-12,14-15,23H,13H2,1-2H3. The predicted molar refractivity (Wildman–Crippen MR) is 95.7 cm³/mol. The van der Waals surface area contributed by atoms with Gasteiger partial charge < -0.3 is 10.1 Å². The molecule has 1 heterocycles. The van der Waals surface area contributed by atoms with Crippen molar-refractivity contribution in [2.75, 3.05) is 7.11 Å². The van der Waals surface area contributed by atoms with Crippen LogP contribution < -0.4 is 10.1 Å². The van der Waals surface area contributed by atoms with Crippen molar-refractivity contribution in [1.29, 1.82) is 0 Å². The molecule has 0 bridgehead atoms. The number of nitrogens with one attached hydrogen (secondary N) is 1. The molecule has 0 spiro atoms. The van der Waals surface area contributed by atoms with Gasteiger partial charge in [0.1, 0.15) is 12.1 Å². The van der Waals surface area contributed by atoms with Gasteiger partial charge in [0.25, 0.3) is 0 Å². The van der Waals surface area contributed by atoms with Crippen molar-refractivity contribution < 1.29 is 4.74 Å². The lowest BCUT2D eigenvalue weighted by atomic mass is 10.0. The van der Waals surface area contributed by atoms with Gasteiger partial charge >= 0.3 is 0 Å². The van der Waals surface area contributed by atoms with Gasteiger partial charge in [0.15, 0.2) is 0 Å². The van der Waals surface area contributed by atoms with E-state index in [-0.39, 0.29) is 6.04 Å². The Balaban J connectivity index is 1.70. The molecule has 1 atom stereocenters. The molecular weight excluding hydrogens is 298 g/mol. The van der Waals surface area contributed by atoms with E-state index in [0.717, 1.165) is 29.0 Å². The van der Waals surface area contributed by atoms with Crippen LogP contribution in [0.3, 0.4) is 0 Å². The molecule has 1 unspecified atom stereocenters. The van der Waals surface area contributed by atoms with Crippen LogP contribution in [0.4, 0.5) is 0 Å². The summed E-state index contributed by atoms with van der Waals surface area (Å²) in [6.45, 7) is 2.90. The monoisotopic (exact) mass is 319 g/mol. The van der Waals surface area contributed by atoms with Gasteiger partial charge in [0.2, 0.25) is 0 Å². The zero-order valence-electron chi connectivity index (χ0n) is 13.9. The minimum absolute atomic E-state index is 0.247. The summed E-state index contributed by atoms with van der Waals surface area (Å²) in [5.74, 6) is 0.889. The number of methoxy groups -OCH3 is 1. The van der Waals surface area contributed by atoms with Crippen molar-refractivity contribution in [1.82, 2.24) is 15.3 Å². The molecule has 1 aromatic heterocycles. The van der Waals surface area contributed by atoms with Crippen molar-refractivity contribution >= 4 is 0 Å². The van der Waals surface area contributed by atoms with E-state index in [2.05, 4.69) is 52.5 Å². The molecule has 4 nitrogen and oxygen atoms in total. The smallest absolute Gasteiger partial charge is 0.126 e. The molecule has 0 saturated carbocycles. The lowest BCUT2D eigenvalue weighted by molar-refractivity contribution is 0.416. The minimum Gasteiger partial charge on any atom is -0.496 e. The largest absolute Gasteiger partial charge is 0.496 e. The second kappa shape index (κ2) is 7.70. The van der Waals surface area contributed by atoms with E-state index in [0.29, 0.717) is 0 Å². The fourth-order valence-corrected chi connectivity index (χ4v) is 2.64. The summed E-state index contributed by atoms with van der Waals surface area (Å²) in [6, 6.07) is 16.9. The Morgan fingerprint density at radius 3 is 2.42 bits per heavy atom.